The molecule has 0 spiro atoms. The Labute approximate surface area is 102 Å². The Morgan fingerprint density at radius 3 is 1.88 bits per heavy atom. The molecule has 0 bridgehead atoms. The molecule has 5 heteroatoms. The summed E-state index contributed by atoms with van der Waals surface area (Å²) < 4.78 is 10.4. The van der Waals surface area contributed by atoms with Gasteiger partial charge in [-0.25, -0.2) is 0 Å². The number of ether oxygens (including phenoxy) is 2. The Kier molecular flexibility index (Phi) is 9.66. The van der Waals surface area contributed by atoms with Crippen LogP contribution in [0.2, 0.25) is 0 Å². The fourth-order valence-corrected chi connectivity index (χ4v) is 1.50. The molecule has 0 saturated heterocycles. The lowest BCUT2D eigenvalue weighted by atomic mass is 9.95. The zero-order valence-electron chi connectivity index (χ0n) is 10.6. The maximum atomic E-state index is 11.7. The quantitative estimate of drug-likeness (QED) is 0.442. The van der Waals surface area contributed by atoms with Gasteiger partial charge in [-0.3, -0.25) is 9.59 Å². The summed E-state index contributed by atoms with van der Waals surface area (Å²) in [7, 11) is 0. The highest BCUT2D eigenvalue weighted by Gasteiger charge is 2.20. The number of rotatable bonds is 11. The molecule has 0 heterocycles. The third-order valence-corrected chi connectivity index (χ3v) is 2.41. The van der Waals surface area contributed by atoms with E-state index in [-0.39, 0.29) is 11.7 Å². The second-order valence-corrected chi connectivity index (χ2v) is 3.70. The molecule has 0 aliphatic carbocycles. The maximum absolute atomic E-state index is 11.7. The van der Waals surface area contributed by atoms with Gasteiger partial charge in [-0.15, -0.1) is 0 Å². The molecule has 0 amide bonds. The normalized spacial score (nSPS) is 10.8. The third kappa shape index (κ3) is 8.83. The molecule has 0 aromatic rings. The van der Waals surface area contributed by atoms with Crippen molar-refractivity contribution < 1.29 is 24.2 Å². The number of carboxylic acids is 1. The molecule has 0 fully saturated rings. The molecule has 17 heavy (non-hydrogen) atoms. The third-order valence-electron chi connectivity index (χ3n) is 2.41. The summed E-state index contributed by atoms with van der Waals surface area (Å²) in [6.45, 7) is 5.94. The molecular weight excluding hydrogens is 224 g/mol. The number of carboxylic acid groups (broad SMARTS) is 1. The Morgan fingerprint density at radius 1 is 1.06 bits per heavy atom. The van der Waals surface area contributed by atoms with E-state index in [1.54, 1.807) is 0 Å². The van der Waals surface area contributed by atoms with E-state index < -0.39 is 12.4 Å². The fraction of sp³-hybridized carbons (Fsp3) is 0.833. The molecule has 1 N–H and O–H groups in total. The van der Waals surface area contributed by atoms with Crippen LogP contribution in [0.3, 0.4) is 0 Å². The van der Waals surface area contributed by atoms with Gasteiger partial charge >= 0.3 is 5.97 Å². The van der Waals surface area contributed by atoms with Crippen molar-refractivity contribution in [1.29, 1.82) is 0 Å². The van der Waals surface area contributed by atoms with Gasteiger partial charge in [0.2, 0.25) is 0 Å². The number of aliphatic carboxylic acids is 1. The summed E-state index contributed by atoms with van der Waals surface area (Å²) in [4.78, 5) is 22.1. The Balaban J connectivity index is 4.07. The number of carbonyl (C=O) groups excluding carboxylic acids is 1. The van der Waals surface area contributed by atoms with Crippen LogP contribution in [-0.2, 0) is 19.1 Å². The van der Waals surface area contributed by atoms with Crippen molar-refractivity contribution in [3.05, 3.63) is 0 Å². The Morgan fingerprint density at radius 2 is 1.53 bits per heavy atom. The van der Waals surface area contributed by atoms with E-state index in [0.29, 0.717) is 39.3 Å². The Hall–Kier alpha value is -0.940. The maximum Gasteiger partial charge on any atom is 0.310 e. The number of Topliss-reactive ketones (excluding diaryl/α,β-unsaturated/α-hetero) is 1. The van der Waals surface area contributed by atoms with Gasteiger partial charge in [0.15, 0.2) is 0 Å². The monoisotopic (exact) mass is 246 g/mol. The van der Waals surface area contributed by atoms with E-state index in [9.17, 15) is 9.59 Å². The van der Waals surface area contributed by atoms with Crippen molar-refractivity contribution in [3.63, 3.8) is 0 Å². The molecule has 0 unspecified atom stereocenters. The first kappa shape index (κ1) is 16.1. The first-order chi connectivity index (χ1) is 8.11. The largest absolute Gasteiger partial charge is 0.481 e. The van der Waals surface area contributed by atoms with E-state index >= 15 is 0 Å². The van der Waals surface area contributed by atoms with Crippen molar-refractivity contribution in [3.8, 4) is 0 Å². The predicted molar refractivity (Wildman–Crippen MR) is 63.0 cm³/mol. The highest BCUT2D eigenvalue weighted by Crippen LogP contribution is 2.13. The summed E-state index contributed by atoms with van der Waals surface area (Å²) in [5, 5.41) is 8.59. The molecule has 5 nitrogen and oxygen atoms in total. The van der Waals surface area contributed by atoms with E-state index in [2.05, 4.69) is 0 Å². The fourth-order valence-electron chi connectivity index (χ4n) is 1.50. The highest BCUT2D eigenvalue weighted by molar-refractivity contribution is 5.95. The molecule has 0 saturated carbocycles. The second-order valence-electron chi connectivity index (χ2n) is 3.70. The second kappa shape index (κ2) is 10.2. The van der Waals surface area contributed by atoms with Crippen LogP contribution in [0.5, 0.6) is 0 Å². The van der Waals surface area contributed by atoms with E-state index in [1.165, 1.54) is 0 Å². The van der Waals surface area contributed by atoms with E-state index in [0.717, 1.165) is 0 Å². The predicted octanol–water partition coefficient (Wildman–Crippen LogP) is 1.50. The van der Waals surface area contributed by atoms with E-state index in [1.807, 2.05) is 13.8 Å². The average Bonchev–Trinajstić information content (AvgIpc) is 2.26. The van der Waals surface area contributed by atoms with Crippen LogP contribution < -0.4 is 0 Å². The minimum absolute atomic E-state index is 0.239. The minimum Gasteiger partial charge on any atom is -0.481 e. The average molecular weight is 246 g/mol. The molecule has 0 atom stereocenters. The molecule has 0 radical (unpaired) electrons. The molecule has 0 aromatic heterocycles. The molecule has 0 aliphatic rings. The van der Waals surface area contributed by atoms with Gasteiger partial charge in [-0.1, -0.05) is 0 Å². The van der Waals surface area contributed by atoms with Crippen molar-refractivity contribution in [2.24, 2.45) is 5.92 Å². The standard InChI is InChI=1S/C12H22O5/c1-3-16-7-5-10(6-8-17-4-2)11(13)9-12(14)15/h10H,3-9H2,1-2H3,(H,14,15). The van der Waals surface area contributed by atoms with Gasteiger partial charge in [0, 0.05) is 32.3 Å². The van der Waals surface area contributed by atoms with Gasteiger partial charge in [0.05, 0.1) is 0 Å². The van der Waals surface area contributed by atoms with Crippen LogP contribution in [0.1, 0.15) is 33.1 Å². The van der Waals surface area contributed by atoms with Crippen molar-refractivity contribution in [1.82, 2.24) is 0 Å². The molecule has 0 rings (SSSR count). The summed E-state index contributed by atoms with van der Waals surface area (Å²) in [5.41, 5.74) is 0. The van der Waals surface area contributed by atoms with Crippen LogP contribution in [0, 0.1) is 5.92 Å². The lowest BCUT2D eigenvalue weighted by molar-refractivity contribution is -0.141. The van der Waals surface area contributed by atoms with Gasteiger partial charge in [0.1, 0.15) is 12.2 Å². The number of hydrogen-bond donors (Lipinski definition) is 1. The lowest BCUT2D eigenvalue weighted by Crippen LogP contribution is -2.21. The van der Waals surface area contributed by atoms with Crippen molar-refractivity contribution in [2.45, 2.75) is 33.1 Å². The molecule has 0 aromatic carbocycles. The summed E-state index contributed by atoms with van der Waals surface area (Å²) in [6.07, 6.45) is 0.711. The van der Waals surface area contributed by atoms with Gasteiger partial charge in [-0.2, -0.15) is 0 Å². The summed E-state index contributed by atoms with van der Waals surface area (Å²) in [5.74, 6) is -1.59. The van der Waals surface area contributed by atoms with Crippen molar-refractivity contribution in [2.75, 3.05) is 26.4 Å². The van der Waals surface area contributed by atoms with E-state index in [4.69, 9.17) is 14.6 Å². The highest BCUT2D eigenvalue weighted by atomic mass is 16.5. The number of ketones is 1. The van der Waals surface area contributed by atoms with Gasteiger partial charge in [0.25, 0.3) is 0 Å². The number of hydrogen-bond acceptors (Lipinski definition) is 4. The van der Waals surface area contributed by atoms with Crippen molar-refractivity contribution >= 4 is 11.8 Å². The zero-order valence-corrected chi connectivity index (χ0v) is 10.6. The van der Waals surface area contributed by atoms with Crippen LogP contribution >= 0.6 is 0 Å². The summed E-state index contributed by atoms with van der Waals surface area (Å²) >= 11 is 0. The van der Waals surface area contributed by atoms with Crippen LogP contribution in [0.25, 0.3) is 0 Å². The molecule has 0 aliphatic heterocycles. The first-order valence-corrected chi connectivity index (χ1v) is 6.01. The molecular formula is C12H22O5. The topological polar surface area (TPSA) is 72.8 Å². The molecule has 100 valence electrons. The smallest absolute Gasteiger partial charge is 0.310 e. The summed E-state index contributed by atoms with van der Waals surface area (Å²) in [6, 6.07) is 0. The Bertz CT molecular complexity index is 217. The van der Waals surface area contributed by atoms with Gasteiger partial charge < -0.3 is 14.6 Å². The lowest BCUT2D eigenvalue weighted by Gasteiger charge is -2.14. The van der Waals surface area contributed by atoms with Gasteiger partial charge in [-0.05, 0) is 26.7 Å². The van der Waals surface area contributed by atoms with Crippen LogP contribution in [0.4, 0.5) is 0 Å². The zero-order chi connectivity index (χ0) is 13.1. The minimum atomic E-state index is -1.08. The SMILES string of the molecule is CCOCCC(CCOCC)C(=O)CC(=O)O. The number of carbonyl (C=O) groups is 2. The first-order valence-electron chi connectivity index (χ1n) is 6.01. The van der Waals surface area contributed by atoms with Crippen LogP contribution in [0.15, 0.2) is 0 Å². The van der Waals surface area contributed by atoms with Crippen LogP contribution in [-0.4, -0.2) is 43.3 Å².